The number of carbonyl (C=O) groups excluding carboxylic acids is 1. The largest absolute Gasteiger partial charge is 0.325 e. The van der Waals surface area contributed by atoms with Crippen molar-refractivity contribution >= 4 is 33.6 Å². The summed E-state index contributed by atoms with van der Waals surface area (Å²) in [5.74, 6) is -0.235. The highest BCUT2D eigenvalue weighted by Crippen LogP contribution is 2.25. The van der Waals surface area contributed by atoms with Crippen LogP contribution in [0, 0.1) is 17.0 Å². The molecule has 0 atom stereocenters. The van der Waals surface area contributed by atoms with Gasteiger partial charge in [0.25, 0.3) is 5.69 Å². The molecule has 0 aliphatic carbocycles. The summed E-state index contributed by atoms with van der Waals surface area (Å²) in [7, 11) is 0. The Balaban J connectivity index is 1.54. The summed E-state index contributed by atoms with van der Waals surface area (Å²) < 4.78 is 1.92. The van der Waals surface area contributed by atoms with Crippen molar-refractivity contribution < 1.29 is 9.72 Å². The van der Waals surface area contributed by atoms with Crippen LogP contribution in [0.15, 0.2) is 54.0 Å². The van der Waals surface area contributed by atoms with Crippen LogP contribution >= 0.6 is 11.3 Å². The SMILES string of the molecule is CCc1ccc(-c2cn3c(CC(=O)Nc4cc([N+](=O)[O-])ccc4C)csc3n2)cc1. The minimum Gasteiger partial charge on any atom is -0.325 e. The highest BCUT2D eigenvalue weighted by atomic mass is 32.1. The van der Waals surface area contributed by atoms with Gasteiger partial charge in [-0.25, -0.2) is 4.98 Å². The number of nitrogens with zero attached hydrogens (tertiary/aromatic N) is 3. The third-order valence-corrected chi connectivity index (χ3v) is 5.88. The number of carbonyl (C=O) groups is 1. The number of nitro groups is 1. The lowest BCUT2D eigenvalue weighted by Crippen LogP contribution is -2.16. The third kappa shape index (κ3) is 3.95. The smallest absolute Gasteiger partial charge is 0.271 e. The van der Waals surface area contributed by atoms with Gasteiger partial charge in [-0.2, -0.15) is 0 Å². The molecule has 0 fully saturated rings. The number of aryl methyl sites for hydroxylation is 2. The first-order valence-electron chi connectivity index (χ1n) is 9.54. The molecule has 0 saturated carbocycles. The average molecular weight is 420 g/mol. The molecule has 2 heterocycles. The Morgan fingerprint density at radius 3 is 2.70 bits per heavy atom. The van der Waals surface area contributed by atoms with Gasteiger partial charge in [0.15, 0.2) is 4.96 Å². The predicted molar refractivity (Wildman–Crippen MR) is 118 cm³/mol. The summed E-state index contributed by atoms with van der Waals surface area (Å²) in [5, 5.41) is 15.7. The predicted octanol–water partition coefficient (Wildman–Crippen LogP) is 5.02. The number of imidazole rings is 1. The molecule has 0 saturated heterocycles. The number of non-ortho nitro benzene ring substituents is 1. The van der Waals surface area contributed by atoms with Gasteiger partial charge in [0.2, 0.25) is 5.91 Å². The maximum Gasteiger partial charge on any atom is 0.271 e. The molecule has 0 unspecified atom stereocenters. The van der Waals surface area contributed by atoms with E-state index >= 15 is 0 Å². The van der Waals surface area contributed by atoms with Gasteiger partial charge in [-0.3, -0.25) is 19.3 Å². The summed E-state index contributed by atoms with van der Waals surface area (Å²) in [5.41, 5.74) is 5.15. The fourth-order valence-electron chi connectivity index (χ4n) is 3.22. The number of amides is 1. The Morgan fingerprint density at radius 1 is 1.23 bits per heavy atom. The molecule has 2 aromatic heterocycles. The summed E-state index contributed by atoms with van der Waals surface area (Å²) in [6, 6.07) is 12.7. The second-order valence-corrected chi connectivity index (χ2v) is 7.87. The molecule has 7 nitrogen and oxygen atoms in total. The van der Waals surface area contributed by atoms with Gasteiger partial charge < -0.3 is 5.32 Å². The van der Waals surface area contributed by atoms with E-state index in [-0.39, 0.29) is 18.0 Å². The van der Waals surface area contributed by atoms with Crippen molar-refractivity contribution in [2.75, 3.05) is 5.32 Å². The van der Waals surface area contributed by atoms with Crippen molar-refractivity contribution in [1.29, 1.82) is 0 Å². The lowest BCUT2D eigenvalue weighted by Gasteiger charge is -2.08. The van der Waals surface area contributed by atoms with Crippen molar-refractivity contribution in [1.82, 2.24) is 9.38 Å². The van der Waals surface area contributed by atoms with Crippen LogP contribution in [0.2, 0.25) is 0 Å². The molecular weight excluding hydrogens is 400 g/mol. The molecule has 0 aliphatic rings. The van der Waals surface area contributed by atoms with Crippen LogP contribution in [-0.2, 0) is 17.6 Å². The topological polar surface area (TPSA) is 89.5 Å². The molecule has 152 valence electrons. The molecule has 0 aliphatic heterocycles. The normalized spacial score (nSPS) is 11.0. The molecule has 4 aromatic rings. The van der Waals surface area contributed by atoms with E-state index < -0.39 is 4.92 Å². The van der Waals surface area contributed by atoms with E-state index in [9.17, 15) is 14.9 Å². The molecule has 0 bridgehead atoms. The van der Waals surface area contributed by atoms with E-state index in [0.717, 1.165) is 33.9 Å². The van der Waals surface area contributed by atoms with Gasteiger partial charge in [-0.1, -0.05) is 37.3 Å². The molecule has 30 heavy (non-hydrogen) atoms. The first-order chi connectivity index (χ1) is 14.4. The zero-order valence-electron chi connectivity index (χ0n) is 16.6. The van der Waals surface area contributed by atoms with Gasteiger partial charge in [-0.15, -0.1) is 11.3 Å². The Hall–Kier alpha value is -3.52. The minimum absolute atomic E-state index is 0.0535. The first kappa shape index (κ1) is 19.8. The third-order valence-electron chi connectivity index (χ3n) is 4.99. The molecule has 2 aromatic carbocycles. The summed E-state index contributed by atoms with van der Waals surface area (Å²) in [6.07, 6.45) is 3.07. The van der Waals surface area contributed by atoms with Gasteiger partial charge in [0.05, 0.1) is 22.7 Å². The lowest BCUT2D eigenvalue weighted by molar-refractivity contribution is -0.384. The summed E-state index contributed by atoms with van der Waals surface area (Å²) >= 11 is 1.48. The second kappa shape index (κ2) is 8.08. The number of fused-ring (bicyclic) bond motifs is 1. The number of benzene rings is 2. The van der Waals surface area contributed by atoms with Gasteiger partial charge >= 0.3 is 0 Å². The van der Waals surface area contributed by atoms with Gasteiger partial charge in [-0.05, 0) is 24.5 Å². The fraction of sp³-hybridized carbons (Fsp3) is 0.182. The van der Waals surface area contributed by atoms with E-state index in [1.165, 1.54) is 29.0 Å². The average Bonchev–Trinajstić information content (AvgIpc) is 3.31. The number of hydrogen-bond donors (Lipinski definition) is 1. The maximum absolute atomic E-state index is 12.6. The zero-order valence-corrected chi connectivity index (χ0v) is 17.4. The number of aromatic nitrogens is 2. The number of nitrogens with one attached hydrogen (secondary N) is 1. The van der Waals surface area contributed by atoms with Gasteiger partial charge in [0, 0.05) is 35.0 Å². The van der Waals surface area contributed by atoms with E-state index in [4.69, 9.17) is 0 Å². The van der Waals surface area contributed by atoms with Crippen molar-refractivity contribution in [3.8, 4) is 11.3 Å². The highest BCUT2D eigenvalue weighted by molar-refractivity contribution is 7.15. The minimum atomic E-state index is -0.475. The first-order valence-corrected chi connectivity index (χ1v) is 10.4. The number of nitro benzene ring substituents is 1. The van der Waals surface area contributed by atoms with E-state index in [0.29, 0.717) is 5.69 Å². The van der Waals surface area contributed by atoms with Crippen molar-refractivity contribution in [2.24, 2.45) is 0 Å². The van der Waals surface area contributed by atoms with Crippen LogP contribution in [0.5, 0.6) is 0 Å². The van der Waals surface area contributed by atoms with E-state index in [1.54, 1.807) is 13.0 Å². The molecule has 0 spiro atoms. The maximum atomic E-state index is 12.6. The standard InChI is InChI=1S/C22H20N4O3S/c1-3-15-5-7-16(8-6-15)20-12-25-18(13-30-22(25)24-20)11-21(27)23-19-10-17(26(28)29)9-4-14(19)2/h4-10,12-13H,3,11H2,1-2H3,(H,23,27). The Bertz CT molecular complexity index is 1240. The Labute approximate surface area is 177 Å². The molecule has 1 amide bonds. The Kier molecular flexibility index (Phi) is 5.33. The van der Waals surface area contributed by atoms with Crippen LogP contribution in [0.1, 0.15) is 23.7 Å². The van der Waals surface area contributed by atoms with Crippen molar-refractivity contribution in [3.05, 3.63) is 81.0 Å². The lowest BCUT2D eigenvalue weighted by atomic mass is 10.1. The monoisotopic (exact) mass is 420 g/mol. The molecule has 0 radical (unpaired) electrons. The van der Waals surface area contributed by atoms with Gasteiger partial charge in [0.1, 0.15) is 0 Å². The molecule has 4 rings (SSSR count). The highest BCUT2D eigenvalue weighted by Gasteiger charge is 2.15. The summed E-state index contributed by atoms with van der Waals surface area (Å²) in [6.45, 7) is 3.92. The van der Waals surface area contributed by atoms with E-state index in [1.807, 2.05) is 16.0 Å². The zero-order chi connectivity index (χ0) is 21.3. The summed E-state index contributed by atoms with van der Waals surface area (Å²) in [4.78, 5) is 28.6. The van der Waals surface area contributed by atoms with Crippen LogP contribution in [0.3, 0.4) is 0 Å². The van der Waals surface area contributed by atoms with Crippen LogP contribution in [0.4, 0.5) is 11.4 Å². The number of thiazole rings is 1. The van der Waals surface area contributed by atoms with Crippen LogP contribution < -0.4 is 5.32 Å². The van der Waals surface area contributed by atoms with Crippen molar-refractivity contribution in [3.63, 3.8) is 0 Å². The van der Waals surface area contributed by atoms with E-state index in [2.05, 4.69) is 41.5 Å². The molecule has 8 heteroatoms. The quantitative estimate of drug-likeness (QED) is 0.350. The van der Waals surface area contributed by atoms with Crippen molar-refractivity contribution in [2.45, 2.75) is 26.7 Å². The number of anilines is 1. The van der Waals surface area contributed by atoms with Crippen LogP contribution in [-0.4, -0.2) is 20.2 Å². The fourth-order valence-corrected chi connectivity index (χ4v) is 4.10. The Morgan fingerprint density at radius 2 is 2.00 bits per heavy atom. The second-order valence-electron chi connectivity index (χ2n) is 7.04. The molecular formula is C22H20N4O3S. The molecule has 1 N–H and O–H groups in total. The van der Waals surface area contributed by atoms with Crippen LogP contribution in [0.25, 0.3) is 16.2 Å². The number of rotatable bonds is 6. The number of hydrogen-bond acceptors (Lipinski definition) is 5.